The quantitative estimate of drug-likeness (QED) is 0.834. The molecule has 4 nitrogen and oxygen atoms in total. The first-order chi connectivity index (χ1) is 8.11. The van der Waals surface area contributed by atoms with Gasteiger partial charge in [-0.3, -0.25) is 4.79 Å². The van der Waals surface area contributed by atoms with Gasteiger partial charge in [0.05, 0.1) is 5.56 Å². The van der Waals surface area contributed by atoms with Crippen LogP contribution in [-0.4, -0.2) is 23.0 Å². The van der Waals surface area contributed by atoms with Crippen LogP contribution in [0.25, 0.3) is 0 Å². The molecule has 2 unspecified atom stereocenters. The molecule has 17 heavy (non-hydrogen) atoms. The molecule has 1 saturated carbocycles. The molecule has 0 bridgehead atoms. The second-order valence-corrected chi connectivity index (χ2v) is 4.37. The van der Waals surface area contributed by atoms with Crippen molar-refractivity contribution in [1.29, 1.82) is 0 Å². The number of carbonyl (C=O) groups is 2. The number of carboxylic acid groups (broad SMARTS) is 1. The molecule has 90 valence electrons. The summed E-state index contributed by atoms with van der Waals surface area (Å²) < 4.78 is 0. The van der Waals surface area contributed by atoms with E-state index < -0.39 is 5.97 Å². The largest absolute Gasteiger partial charge is 0.478 e. The minimum absolute atomic E-state index is 0.122. The molecule has 4 heteroatoms. The van der Waals surface area contributed by atoms with Gasteiger partial charge in [-0.1, -0.05) is 13.3 Å². The topological polar surface area (TPSA) is 66.4 Å². The maximum atomic E-state index is 11.8. The number of carboxylic acids is 1. The Bertz CT molecular complexity index is 438. The van der Waals surface area contributed by atoms with Gasteiger partial charge in [0.1, 0.15) is 0 Å². The average molecular weight is 233 g/mol. The van der Waals surface area contributed by atoms with Gasteiger partial charge in [-0.15, -0.1) is 0 Å². The number of nitrogens with one attached hydrogen (secondary N) is 1. The van der Waals surface area contributed by atoms with Crippen LogP contribution in [-0.2, 0) is 0 Å². The fourth-order valence-corrected chi connectivity index (χ4v) is 1.89. The van der Waals surface area contributed by atoms with Gasteiger partial charge in [0, 0.05) is 11.6 Å². The van der Waals surface area contributed by atoms with Crippen molar-refractivity contribution < 1.29 is 14.7 Å². The maximum absolute atomic E-state index is 11.8. The standard InChI is InChI=1S/C13H15NO3/c1-2-8-7-11(8)14-12(15)9-3-5-10(6-4-9)13(16)17/h3-6,8,11H,2,7H2,1H3,(H,14,15)(H,16,17). The lowest BCUT2D eigenvalue weighted by molar-refractivity contribution is 0.0696. The van der Waals surface area contributed by atoms with Crippen molar-refractivity contribution in [2.75, 3.05) is 0 Å². The summed E-state index contributed by atoms with van der Waals surface area (Å²) in [5.74, 6) is -0.495. The molecular formula is C13H15NO3. The molecular weight excluding hydrogens is 218 g/mol. The highest BCUT2D eigenvalue weighted by Crippen LogP contribution is 2.33. The van der Waals surface area contributed by atoms with Gasteiger partial charge in [-0.05, 0) is 36.6 Å². The molecule has 0 radical (unpaired) electrons. The van der Waals surface area contributed by atoms with Crippen molar-refractivity contribution in [3.05, 3.63) is 35.4 Å². The first-order valence-electron chi connectivity index (χ1n) is 5.76. The third kappa shape index (κ3) is 2.64. The highest BCUT2D eigenvalue weighted by atomic mass is 16.4. The predicted molar refractivity (Wildman–Crippen MR) is 63.1 cm³/mol. The maximum Gasteiger partial charge on any atom is 0.335 e. The van der Waals surface area contributed by atoms with Crippen LogP contribution in [0.1, 0.15) is 40.5 Å². The summed E-state index contributed by atoms with van der Waals surface area (Å²) in [4.78, 5) is 22.4. The summed E-state index contributed by atoms with van der Waals surface area (Å²) in [5.41, 5.74) is 0.705. The predicted octanol–water partition coefficient (Wildman–Crippen LogP) is 1.91. The van der Waals surface area contributed by atoms with Gasteiger partial charge >= 0.3 is 5.97 Å². The molecule has 0 heterocycles. The fraction of sp³-hybridized carbons (Fsp3) is 0.385. The van der Waals surface area contributed by atoms with Crippen molar-refractivity contribution in [3.8, 4) is 0 Å². The Morgan fingerprint density at radius 2 is 1.88 bits per heavy atom. The molecule has 1 aromatic carbocycles. The molecule has 0 spiro atoms. The summed E-state index contributed by atoms with van der Waals surface area (Å²) in [6.07, 6.45) is 2.14. The van der Waals surface area contributed by atoms with Crippen molar-refractivity contribution in [1.82, 2.24) is 5.32 Å². The van der Waals surface area contributed by atoms with Gasteiger partial charge in [0.2, 0.25) is 0 Å². The zero-order chi connectivity index (χ0) is 12.4. The molecule has 0 aliphatic heterocycles. The van der Waals surface area contributed by atoms with E-state index in [0.29, 0.717) is 17.5 Å². The van der Waals surface area contributed by atoms with Gasteiger partial charge < -0.3 is 10.4 Å². The number of hydrogen-bond donors (Lipinski definition) is 2. The molecule has 1 aromatic rings. The molecule has 1 fully saturated rings. The summed E-state index contributed by atoms with van der Waals surface area (Å²) in [7, 11) is 0. The van der Waals surface area contributed by atoms with Crippen LogP contribution in [0.5, 0.6) is 0 Å². The van der Waals surface area contributed by atoms with Crippen molar-refractivity contribution in [3.63, 3.8) is 0 Å². The van der Waals surface area contributed by atoms with E-state index in [4.69, 9.17) is 5.11 Å². The third-order valence-corrected chi connectivity index (χ3v) is 3.16. The smallest absolute Gasteiger partial charge is 0.335 e. The van der Waals surface area contributed by atoms with E-state index in [1.165, 1.54) is 12.1 Å². The van der Waals surface area contributed by atoms with Gasteiger partial charge in [-0.25, -0.2) is 4.79 Å². The zero-order valence-corrected chi connectivity index (χ0v) is 9.64. The Morgan fingerprint density at radius 3 is 2.35 bits per heavy atom. The van der Waals surface area contributed by atoms with Crippen LogP contribution >= 0.6 is 0 Å². The molecule has 2 atom stereocenters. The number of benzene rings is 1. The lowest BCUT2D eigenvalue weighted by Crippen LogP contribution is -2.26. The van der Waals surface area contributed by atoms with Crippen molar-refractivity contribution >= 4 is 11.9 Å². The Morgan fingerprint density at radius 1 is 1.29 bits per heavy atom. The van der Waals surface area contributed by atoms with E-state index in [9.17, 15) is 9.59 Å². The molecule has 2 rings (SSSR count). The minimum Gasteiger partial charge on any atom is -0.478 e. The number of aromatic carboxylic acids is 1. The van der Waals surface area contributed by atoms with E-state index in [1.807, 2.05) is 0 Å². The average Bonchev–Trinajstić information content (AvgIpc) is 3.07. The van der Waals surface area contributed by atoms with Crippen LogP contribution in [0.15, 0.2) is 24.3 Å². The lowest BCUT2D eigenvalue weighted by atomic mass is 10.1. The summed E-state index contributed by atoms with van der Waals surface area (Å²) in [6.45, 7) is 2.11. The van der Waals surface area contributed by atoms with E-state index in [0.717, 1.165) is 12.8 Å². The second kappa shape index (κ2) is 4.57. The van der Waals surface area contributed by atoms with Crippen LogP contribution in [0.3, 0.4) is 0 Å². The summed E-state index contributed by atoms with van der Waals surface area (Å²) in [6, 6.07) is 6.28. The Kier molecular flexibility index (Phi) is 3.13. The molecule has 1 aliphatic carbocycles. The number of carbonyl (C=O) groups excluding carboxylic acids is 1. The van der Waals surface area contributed by atoms with Gasteiger partial charge in [-0.2, -0.15) is 0 Å². The van der Waals surface area contributed by atoms with E-state index in [2.05, 4.69) is 12.2 Å². The summed E-state index contributed by atoms with van der Waals surface area (Å²) >= 11 is 0. The van der Waals surface area contributed by atoms with Crippen LogP contribution in [0.2, 0.25) is 0 Å². The Hall–Kier alpha value is -1.84. The van der Waals surface area contributed by atoms with Crippen LogP contribution in [0, 0.1) is 5.92 Å². The molecule has 2 N–H and O–H groups in total. The van der Waals surface area contributed by atoms with Crippen LogP contribution < -0.4 is 5.32 Å². The van der Waals surface area contributed by atoms with Gasteiger partial charge in [0.15, 0.2) is 0 Å². The molecule has 0 aromatic heterocycles. The van der Waals surface area contributed by atoms with Crippen molar-refractivity contribution in [2.24, 2.45) is 5.92 Å². The third-order valence-electron chi connectivity index (χ3n) is 3.16. The number of rotatable bonds is 4. The SMILES string of the molecule is CCC1CC1NC(=O)c1ccc(C(=O)O)cc1. The molecule has 1 aliphatic rings. The highest BCUT2D eigenvalue weighted by Gasteiger charge is 2.36. The first-order valence-corrected chi connectivity index (χ1v) is 5.76. The monoisotopic (exact) mass is 233 g/mol. The Balaban J connectivity index is 1.97. The highest BCUT2D eigenvalue weighted by molar-refractivity contribution is 5.96. The normalized spacial score (nSPS) is 21.9. The number of hydrogen-bond acceptors (Lipinski definition) is 2. The first kappa shape index (κ1) is 11.6. The van der Waals surface area contributed by atoms with Crippen LogP contribution in [0.4, 0.5) is 0 Å². The Labute approximate surface area is 99.6 Å². The summed E-state index contributed by atoms with van der Waals surface area (Å²) in [5, 5.41) is 11.7. The molecule has 0 saturated heterocycles. The second-order valence-electron chi connectivity index (χ2n) is 4.37. The van der Waals surface area contributed by atoms with E-state index in [-0.39, 0.29) is 11.5 Å². The van der Waals surface area contributed by atoms with Crippen molar-refractivity contribution in [2.45, 2.75) is 25.8 Å². The fourth-order valence-electron chi connectivity index (χ4n) is 1.89. The minimum atomic E-state index is -0.981. The van der Waals surface area contributed by atoms with E-state index in [1.54, 1.807) is 12.1 Å². The van der Waals surface area contributed by atoms with Gasteiger partial charge in [0.25, 0.3) is 5.91 Å². The zero-order valence-electron chi connectivity index (χ0n) is 9.64. The van der Waals surface area contributed by atoms with E-state index >= 15 is 0 Å². The molecule has 1 amide bonds. The lowest BCUT2D eigenvalue weighted by Gasteiger charge is -2.04. The number of amides is 1.